The van der Waals surface area contributed by atoms with Gasteiger partial charge < -0.3 is 15.4 Å². The van der Waals surface area contributed by atoms with Crippen LogP contribution in [0.25, 0.3) is 5.82 Å². The number of ether oxygens (including phenoxy) is 1. The number of aryl methyl sites for hydroxylation is 1. The topological polar surface area (TPSA) is 76.4 Å². The number of imidazole rings is 1. The quantitative estimate of drug-likeness (QED) is 0.259. The minimum atomic E-state index is 0. The Kier molecular flexibility index (Phi) is 9.77. The van der Waals surface area contributed by atoms with Gasteiger partial charge in [-0.1, -0.05) is 25.1 Å². The van der Waals surface area contributed by atoms with Crippen molar-refractivity contribution in [3.05, 3.63) is 71.9 Å². The van der Waals surface area contributed by atoms with E-state index >= 15 is 0 Å². The summed E-state index contributed by atoms with van der Waals surface area (Å²) in [4.78, 5) is 13.1. The van der Waals surface area contributed by atoms with Gasteiger partial charge in [0.25, 0.3) is 0 Å². The molecule has 2 aromatic heterocycles. The fourth-order valence-electron chi connectivity index (χ4n) is 3.20. The predicted octanol–water partition coefficient (Wildman–Crippen LogP) is 4.06. The monoisotopic (exact) mass is 534 g/mol. The normalized spacial score (nSPS) is 12.1. The van der Waals surface area contributed by atoms with Crippen LogP contribution in [0.5, 0.6) is 5.75 Å². The molecule has 31 heavy (non-hydrogen) atoms. The van der Waals surface area contributed by atoms with Gasteiger partial charge in [0.05, 0.1) is 7.11 Å². The molecule has 3 aromatic rings. The third kappa shape index (κ3) is 6.95. The van der Waals surface area contributed by atoms with Crippen molar-refractivity contribution in [3.8, 4) is 11.6 Å². The molecule has 2 N–H and O–H groups in total. The van der Waals surface area contributed by atoms with Crippen LogP contribution in [0.1, 0.15) is 36.2 Å². The molecule has 8 heteroatoms. The summed E-state index contributed by atoms with van der Waals surface area (Å²) in [6.07, 6.45) is 6.57. The van der Waals surface area contributed by atoms with Gasteiger partial charge in [0, 0.05) is 38.7 Å². The molecule has 3 rings (SSSR count). The van der Waals surface area contributed by atoms with E-state index in [1.807, 2.05) is 42.1 Å². The van der Waals surface area contributed by atoms with Crippen LogP contribution in [-0.2, 0) is 6.54 Å². The average Bonchev–Trinajstić information content (AvgIpc) is 3.22. The molecule has 0 bridgehead atoms. The van der Waals surface area contributed by atoms with Crippen molar-refractivity contribution >= 4 is 29.9 Å². The Morgan fingerprint density at radius 3 is 2.48 bits per heavy atom. The minimum absolute atomic E-state index is 0. The molecular weight excluding hydrogens is 503 g/mol. The number of hydrogen-bond donors (Lipinski definition) is 2. The van der Waals surface area contributed by atoms with E-state index in [-0.39, 0.29) is 24.0 Å². The molecule has 0 saturated heterocycles. The molecule has 0 saturated carbocycles. The predicted molar refractivity (Wildman–Crippen MR) is 136 cm³/mol. The Hall–Kier alpha value is -2.62. The fourth-order valence-corrected chi connectivity index (χ4v) is 3.20. The van der Waals surface area contributed by atoms with E-state index in [2.05, 4.69) is 50.7 Å². The zero-order valence-electron chi connectivity index (χ0n) is 18.5. The average molecular weight is 534 g/mol. The third-order valence-electron chi connectivity index (χ3n) is 5.12. The maximum atomic E-state index is 5.23. The molecule has 0 aliphatic rings. The Morgan fingerprint density at radius 1 is 1.13 bits per heavy atom. The number of aromatic nitrogens is 3. The number of benzene rings is 1. The molecule has 1 atom stereocenters. The molecular formula is C23H31IN6O. The lowest BCUT2D eigenvalue weighted by molar-refractivity contribution is 0.414. The number of nitrogens with zero attached hydrogens (tertiary/aromatic N) is 4. The van der Waals surface area contributed by atoms with Gasteiger partial charge in [-0.3, -0.25) is 9.56 Å². The Labute approximate surface area is 201 Å². The molecule has 0 fully saturated rings. The first-order valence-electron chi connectivity index (χ1n) is 10.1. The smallest absolute Gasteiger partial charge is 0.191 e. The second-order valence-electron chi connectivity index (χ2n) is 7.18. The van der Waals surface area contributed by atoms with E-state index in [0.717, 1.165) is 41.9 Å². The third-order valence-corrected chi connectivity index (χ3v) is 5.12. The van der Waals surface area contributed by atoms with E-state index in [0.29, 0.717) is 12.5 Å². The number of halogens is 1. The fraction of sp³-hybridized carbons (Fsp3) is 0.348. The van der Waals surface area contributed by atoms with Crippen LogP contribution in [0, 0.1) is 6.92 Å². The van der Waals surface area contributed by atoms with Gasteiger partial charge in [-0.15, -0.1) is 24.0 Å². The Bertz CT molecular complexity index is 953. The van der Waals surface area contributed by atoms with Crippen molar-refractivity contribution in [1.82, 2.24) is 25.2 Å². The Morgan fingerprint density at radius 2 is 1.90 bits per heavy atom. The van der Waals surface area contributed by atoms with Gasteiger partial charge in [-0.25, -0.2) is 9.97 Å². The number of rotatable bonds is 8. The molecule has 0 spiro atoms. The molecule has 0 aliphatic carbocycles. The van der Waals surface area contributed by atoms with Gasteiger partial charge in [0.2, 0.25) is 0 Å². The second kappa shape index (κ2) is 12.3. The zero-order chi connectivity index (χ0) is 21.3. The molecule has 1 aromatic carbocycles. The maximum Gasteiger partial charge on any atom is 0.191 e. The van der Waals surface area contributed by atoms with Crippen LogP contribution >= 0.6 is 24.0 Å². The van der Waals surface area contributed by atoms with E-state index < -0.39 is 0 Å². The van der Waals surface area contributed by atoms with Crippen molar-refractivity contribution < 1.29 is 4.74 Å². The minimum Gasteiger partial charge on any atom is -0.497 e. The van der Waals surface area contributed by atoms with Crippen LogP contribution in [-0.4, -0.2) is 41.2 Å². The van der Waals surface area contributed by atoms with Gasteiger partial charge in [-0.2, -0.15) is 0 Å². The number of aliphatic imine (C=N–C) groups is 1. The highest BCUT2D eigenvalue weighted by Gasteiger charge is 2.07. The summed E-state index contributed by atoms with van der Waals surface area (Å²) < 4.78 is 7.19. The largest absolute Gasteiger partial charge is 0.497 e. The molecule has 1 unspecified atom stereocenters. The molecule has 0 amide bonds. The molecule has 7 nitrogen and oxygen atoms in total. The van der Waals surface area contributed by atoms with Gasteiger partial charge in [-0.05, 0) is 48.6 Å². The van der Waals surface area contributed by atoms with E-state index in [9.17, 15) is 0 Å². The Balaban J connectivity index is 0.00000341. The summed E-state index contributed by atoms with van der Waals surface area (Å²) in [7, 11) is 3.47. The van der Waals surface area contributed by atoms with Crippen LogP contribution < -0.4 is 15.4 Å². The lowest BCUT2D eigenvalue weighted by Gasteiger charge is -2.15. The van der Waals surface area contributed by atoms with Crippen molar-refractivity contribution in [3.63, 3.8) is 0 Å². The highest BCUT2D eigenvalue weighted by molar-refractivity contribution is 14.0. The van der Waals surface area contributed by atoms with Crippen molar-refractivity contribution in [2.24, 2.45) is 4.99 Å². The standard InChI is InChI=1S/C23H30N6O.HI/c1-17(20-6-8-21(30-4)9-7-20)11-12-26-23(24-3)28-16-19-5-10-22(27-15-19)29-14-13-25-18(29)2;/h5-10,13-15,17H,11-12,16H2,1-4H3,(H2,24,26,28);1H. The SMILES string of the molecule is CN=C(NCCC(C)c1ccc(OC)cc1)NCc1ccc(-n2ccnc2C)nc1.I. The van der Waals surface area contributed by atoms with Crippen LogP contribution in [0.15, 0.2) is 60.0 Å². The second-order valence-corrected chi connectivity index (χ2v) is 7.18. The number of guanidine groups is 1. The number of nitrogens with one attached hydrogen (secondary N) is 2. The first-order valence-corrected chi connectivity index (χ1v) is 10.1. The number of pyridine rings is 1. The molecule has 0 radical (unpaired) electrons. The van der Waals surface area contributed by atoms with Crippen LogP contribution in [0.2, 0.25) is 0 Å². The summed E-state index contributed by atoms with van der Waals surface area (Å²) >= 11 is 0. The van der Waals surface area contributed by atoms with Gasteiger partial charge >= 0.3 is 0 Å². The van der Waals surface area contributed by atoms with Crippen molar-refractivity contribution in [2.45, 2.75) is 32.7 Å². The molecule has 0 aliphatic heterocycles. The van der Waals surface area contributed by atoms with Crippen LogP contribution in [0.3, 0.4) is 0 Å². The summed E-state index contributed by atoms with van der Waals surface area (Å²) in [5.74, 6) is 3.90. The first kappa shape index (κ1) is 24.6. The summed E-state index contributed by atoms with van der Waals surface area (Å²) in [6.45, 7) is 5.69. The highest BCUT2D eigenvalue weighted by Crippen LogP contribution is 2.21. The maximum absolute atomic E-state index is 5.23. The van der Waals surface area contributed by atoms with Crippen molar-refractivity contribution in [1.29, 1.82) is 0 Å². The van der Waals surface area contributed by atoms with E-state index in [4.69, 9.17) is 4.74 Å². The summed E-state index contributed by atoms with van der Waals surface area (Å²) in [5.41, 5.74) is 2.39. The lowest BCUT2D eigenvalue weighted by Crippen LogP contribution is -2.37. The van der Waals surface area contributed by atoms with Gasteiger partial charge in [0.1, 0.15) is 17.4 Å². The highest BCUT2D eigenvalue weighted by atomic mass is 127. The zero-order valence-corrected chi connectivity index (χ0v) is 20.8. The van der Waals surface area contributed by atoms with Crippen LogP contribution in [0.4, 0.5) is 0 Å². The van der Waals surface area contributed by atoms with Crippen molar-refractivity contribution in [2.75, 3.05) is 20.7 Å². The number of methoxy groups -OCH3 is 1. The lowest BCUT2D eigenvalue weighted by atomic mass is 9.98. The molecule has 166 valence electrons. The number of hydrogen-bond acceptors (Lipinski definition) is 4. The van der Waals surface area contributed by atoms with E-state index in [1.165, 1.54) is 5.56 Å². The van der Waals surface area contributed by atoms with Gasteiger partial charge in [0.15, 0.2) is 5.96 Å². The summed E-state index contributed by atoms with van der Waals surface area (Å²) in [6, 6.07) is 12.3. The molecule has 2 heterocycles. The van der Waals surface area contributed by atoms with E-state index in [1.54, 1.807) is 20.4 Å². The first-order chi connectivity index (χ1) is 14.6. The summed E-state index contributed by atoms with van der Waals surface area (Å²) in [5, 5.41) is 6.73.